The van der Waals surface area contributed by atoms with Crippen molar-refractivity contribution in [2.45, 2.75) is 19.1 Å². The van der Waals surface area contributed by atoms with Crippen LogP contribution in [0.25, 0.3) is 0 Å². The van der Waals surface area contributed by atoms with Crippen molar-refractivity contribution in [3.63, 3.8) is 0 Å². The third-order valence-electron chi connectivity index (χ3n) is 2.46. The summed E-state index contributed by atoms with van der Waals surface area (Å²) < 4.78 is 39.4. The topological polar surface area (TPSA) is 58.2 Å². The minimum atomic E-state index is -3.65. The lowest BCUT2D eigenvalue weighted by Gasteiger charge is -2.16. The van der Waals surface area contributed by atoms with Gasteiger partial charge in [0.05, 0.1) is 21.0 Å². The maximum absolute atomic E-state index is 13.0. The van der Waals surface area contributed by atoms with Gasteiger partial charge in [0.1, 0.15) is 5.82 Å². The molecule has 1 aromatic carbocycles. The van der Waals surface area contributed by atoms with E-state index >= 15 is 0 Å². The van der Waals surface area contributed by atoms with Crippen LogP contribution < -0.4 is 10.0 Å². The predicted octanol–water partition coefficient (Wildman–Crippen LogP) is 2.87. The maximum atomic E-state index is 13.0. The van der Waals surface area contributed by atoms with Gasteiger partial charge in [0.25, 0.3) is 0 Å². The van der Waals surface area contributed by atoms with Crippen molar-refractivity contribution in [1.29, 1.82) is 0 Å². The molecule has 0 radical (unpaired) electrons. The van der Waals surface area contributed by atoms with Crippen LogP contribution in [0.2, 0.25) is 10.0 Å². The second kappa shape index (κ2) is 6.74. The molecule has 1 aromatic rings. The standard InChI is InChI=1S/C11H15Cl2FN2O2S/c1-3-15-6-7(2)19(17,18)16-11-9(12)4-8(14)5-10(11)13/h4-5,7,15-16H,3,6H2,1-2H3. The molecule has 0 spiro atoms. The quantitative estimate of drug-likeness (QED) is 0.844. The molecule has 4 nitrogen and oxygen atoms in total. The van der Waals surface area contributed by atoms with Crippen LogP contribution in [0.4, 0.5) is 10.1 Å². The number of hydrogen-bond acceptors (Lipinski definition) is 3. The Hall–Kier alpha value is -0.560. The summed E-state index contributed by atoms with van der Waals surface area (Å²) in [6, 6.07) is 2.00. The molecule has 0 bridgehead atoms. The fourth-order valence-corrected chi connectivity index (χ4v) is 3.05. The van der Waals surface area contributed by atoms with Crippen LogP contribution in [0.1, 0.15) is 13.8 Å². The van der Waals surface area contributed by atoms with Crippen LogP contribution in [-0.4, -0.2) is 26.8 Å². The van der Waals surface area contributed by atoms with Crippen LogP contribution >= 0.6 is 23.2 Å². The Balaban J connectivity index is 2.96. The first-order chi connectivity index (χ1) is 8.77. The highest BCUT2D eigenvalue weighted by molar-refractivity contribution is 7.93. The van der Waals surface area contributed by atoms with Gasteiger partial charge in [0.15, 0.2) is 0 Å². The van der Waals surface area contributed by atoms with E-state index in [0.717, 1.165) is 12.1 Å². The van der Waals surface area contributed by atoms with Gasteiger partial charge in [-0.3, -0.25) is 4.72 Å². The van der Waals surface area contributed by atoms with Gasteiger partial charge in [-0.05, 0) is 25.6 Å². The molecule has 1 atom stereocenters. The highest BCUT2D eigenvalue weighted by Crippen LogP contribution is 2.32. The van der Waals surface area contributed by atoms with Gasteiger partial charge in [-0.2, -0.15) is 0 Å². The number of halogens is 3. The van der Waals surface area contributed by atoms with E-state index in [-0.39, 0.29) is 15.7 Å². The van der Waals surface area contributed by atoms with Crippen LogP contribution in [0.15, 0.2) is 12.1 Å². The summed E-state index contributed by atoms with van der Waals surface area (Å²) in [6.45, 7) is 4.39. The van der Waals surface area contributed by atoms with Crippen molar-refractivity contribution in [3.8, 4) is 0 Å². The first kappa shape index (κ1) is 16.5. The van der Waals surface area contributed by atoms with Crippen molar-refractivity contribution in [1.82, 2.24) is 5.32 Å². The molecule has 0 heterocycles. The average Bonchev–Trinajstić information content (AvgIpc) is 2.30. The lowest BCUT2D eigenvalue weighted by Crippen LogP contribution is -2.34. The summed E-state index contributed by atoms with van der Waals surface area (Å²) in [4.78, 5) is 0. The van der Waals surface area contributed by atoms with Crippen molar-refractivity contribution in [3.05, 3.63) is 28.0 Å². The molecule has 0 aliphatic heterocycles. The third-order valence-corrected chi connectivity index (χ3v) is 4.77. The van der Waals surface area contributed by atoms with Crippen molar-refractivity contribution in [2.24, 2.45) is 0 Å². The Morgan fingerprint density at radius 2 is 1.84 bits per heavy atom. The number of benzene rings is 1. The van der Waals surface area contributed by atoms with Gasteiger partial charge in [-0.1, -0.05) is 30.1 Å². The molecule has 0 aliphatic carbocycles. The monoisotopic (exact) mass is 328 g/mol. The molecule has 8 heteroatoms. The van der Waals surface area contributed by atoms with Gasteiger partial charge in [0.2, 0.25) is 10.0 Å². The van der Waals surface area contributed by atoms with Crippen molar-refractivity contribution >= 4 is 38.9 Å². The van der Waals surface area contributed by atoms with E-state index < -0.39 is 21.1 Å². The van der Waals surface area contributed by atoms with E-state index in [0.29, 0.717) is 13.1 Å². The molecule has 0 saturated carbocycles. The lowest BCUT2D eigenvalue weighted by atomic mass is 10.3. The lowest BCUT2D eigenvalue weighted by molar-refractivity contribution is 0.579. The second-order valence-electron chi connectivity index (χ2n) is 4.01. The molecule has 0 saturated heterocycles. The van der Waals surface area contributed by atoms with Gasteiger partial charge >= 0.3 is 0 Å². The van der Waals surface area contributed by atoms with Crippen LogP contribution in [0, 0.1) is 5.82 Å². The number of hydrogen-bond donors (Lipinski definition) is 2. The van der Waals surface area contributed by atoms with Gasteiger partial charge in [-0.15, -0.1) is 0 Å². The maximum Gasteiger partial charge on any atom is 0.236 e. The van der Waals surface area contributed by atoms with Gasteiger partial charge in [0, 0.05) is 6.54 Å². The van der Waals surface area contributed by atoms with E-state index in [1.165, 1.54) is 0 Å². The van der Waals surface area contributed by atoms with E-state index in [1.54, 1.807) is 6.92 Å². The number of nitrogens with one attached hydrogen (secondary N) is 2. The molecule has 0 amide bonds. The molecule has 1 unspecified atom stereocenters. The highest BCUT2D eigenvalue weighted by Gasteiger charge is 2.22. The zero-order valence-electron chi connectivity index (χ0n) is 10.5. The first-order valence-corrected chi connectivity index (χ1v) is 7.95. The van der Waals surface area contributed by atoms with Crippen LogP contribution in [0.3, 0.4) is 0 Å². The first-order valence-electron chi connectivity index (χ1n) is 5.64. The third kappa shape index (κ3) is 4.49. The van der Waals surface area contributed by atoms with Crippen LogP contribution in [0.5, 0.6) is 0 Å². The highest BCUT2D eigenvalue weighted by atomic mass is 35.5. The molecular formula is C11H15Cl2FN2O2S. The molecule has 2 N–H and O–H groups in total. The largest absolute Gasteiger partial charge is 0.316 e. The Morgan fingerprint density at radius 3 is 2.32 bits per heavy atom. The summed E-state index contributed by atoms with van der Waals surface area (Å²) in [5.74, 6) is -0.626. The molecule has 1 rings (SSSR count). The Kier molecular flexibility index (Phi) is 5.85. The minimum Gasteiger partial charge on any atom is -0.316 e. The predicted molar refractivity (Wildman–Crippen MR) is 77.0 cm³/mol. The second-order valence-corrected chi connectivity index (χ2v) is 6.92. The molecular weight excluding hydrogens is 314 g/mol. The van der Waals surface area contributed by atoms with E-state index in [1.807, 2.05) is 6.92 Å². The zero-order valence-corrected chi connectivity index (χ0v) is 12.8. The number of anilines is 1. The Morgan fingerprint density at radius 1 is 1.32 bits per heavy atom. The number of rotatable bonds is 6. The molecule has 19 heavy (non-hydrogen) atoms. The summed E-state index contributed by atoms with van der Waals surface area (Å²) in [7, 11) is -3.65. The summed E-state index contributed by atoms with van der Waals surface area (Å²) in [6.07, 6.45) is 0. The molecule has 108 valence electrons. The number of sulfonamides is 1. The fourth-order valence-electron chi connectivity index (χ4n) is 1.34. The summed E-state index contributed by atoms with van der Waals surface area (Å²) >= 11 is 11.6. The van der Waals surface area contributed by atoms with Crippen LogP contribution in [-0.2, 0) is 10.0 Å². The summed E-state index contributed by atoms with van der Waals surface area (Å²) in [5, 5.41) is 2.10. The zero-order chi connectivity index (χ0) is 14.6. The smallest absolute Gasteiger partial charge is 0.236 e. The van der Waals surface area contributed by atoms with E-state index in [9.17, 15) is 12.8 Å². The molecule has 0 aromatic heterocycles. The SMILES string of the molecule is CCNCC(C)S(=O)(=O)Nc1c(Cl)cc(F)cc1Cl. The van der Waals surface area contributed by atoms with E-state index in [4.69, 9.17) is 23.2 Å². The van der Waals surface area contributed by atoms with Crippen molar-refractivity contribution < 1.29 is 12.8 Å². The van der Waals surface area contributed by atoms with E-state index in [2.05, 4.69) is 10.0 Å². The van der Waals surface area contributed by atoms with Gasteiger partial charge in [-0.25, -0.2) is 12.8 Å². The minimum absolute atomic E-state index is 0.00641. The fraction of sp³-hybridized carbons (Fsp3) is 0.455. The Labute approximate surface area is 122 Å². The summed E-state index contributed by atoms with van der Waals surface area (Å²) in [5.41, 5.74) is -0.00641. The van der Waals surface area contributed by atoms with Crippen molar-refractivity contribution in [2.75, 3.05) is 17.8 Å². The Bertz CT molecular complexity index is 529. The molecule has 0 aliphatic rings. The normalized spacial score (nSPS) is 13.3. The molecule has 0 fully saturated rings. The average molecular weight is 329 g/mol. The van der Waals surface area contributed by atoms with Gasteiger partial charge < -0.3 is 5.32 Å².